The lowest BCUT2D eigenvalue weighted by Gasteiger charge is -2.44. The van der Waals surface area contributed by atoms with Crippen molar-refractivity contribution in [2.45, 2.75) is 19.6 Å². The van der Waals surface area contributed by atoms with Crippen LogP contribution in [0.4, 0.5) is 8.78 Å². The highest BCUT2D eigenvalue weighted by Gasteiger charge is 2.39. The molecule has 1 atom stereocenters. The first kappa shape index (κ1) is 25.8. The van der Waals surface area contributed by atoms with Crippen molar-refractivity contribution in [2.24, 2.45) is 0 Å². The lowest BCUT2D eigenvalue weighted by atomic mass is 9.97. The van der Waals surface area contributed by atoms with E-state index >= 15 is 4.39 Å². The van der Waals surface area contributed by atoms with Crippen molar-refractivity contribution < 1.29 is 23.0 Å². The number of carbonyl (C=O) groups excluding carboxylic acids is 1. The van der Waals surface area contributed by atoms with Crippen LogP contribution in [0, 0.1) is 18.6 Å². The molecule has 2 bridgehead atoms. The van der Waals surface area contributed by atoms with Crippen LogP contribution in [-0.2, 0) is 6.61 Å². The van der Waals surface area contributed by atoms with Crippen LogP contribution >= 0.6 is 11.3 Å². The fourth-order valence-electron chi connectivity index (χ4n) is 5.07. The van der Waals surface area contributed by atoms with E-state index in [0.717, 1.165) is 22.1 Å². The zero-order chi connectivity index (χ0) is 27.8. The number of hydrogen-bond donors (Lipinski definition) is 0. The molecule has 10 heteroatoms. The summed E-state index contributed by atoms with van der Waals surface area (Å²) in [5.41, 5.74) is 1.69. The van der Waals surface area contributed by atoms with Crippen molar-refractivity contribution in [3.63, 3.8) is 0 Å². The molecule has 7 nitrogen and oxygen atoms in total. The summed E-state index contributed by atoms with van der Waals surface area (Å²) in [5.74, 6) is -2.76. The van der Waals surface area contributed by atoms with Gasteiger partial charge in [0.25, 0.3) is 5.91 Å². The van der Waals surface area contributed by atoms with E-state index in [1.165, 1.54) is 29.7 Å². The Morgan fingerprint density at radius 1 is 1.02 bits per heavy atom. The van der Waals surface area contributed by atoms with Crippen LogP contribution in [-0.4, -0.2) is 35.3 Å². The molecule has 2 aliphatic rings. The second kappa shape index (κ2) is 10.6. The molecule has 204 valence electrons. The van der Waals surface area contributed by atoms with Crippen LogP contribution < -0.4 is 19.9 Å². The van der Waals surface area contributed by atoms with Gasteiger partial charge >= 0.3 is 0 Å². The Morgan fingerprint density at radius 3 is 2.62 bits per heavy atom. The van der Waals surface area contributed by atoms with Crippen molar-refractivity contribution in [3.8, 4) is 11.5 Å². The maximum atomic E-state index is 15.2. The van der Waals surface area contributed by atoms with Crippen LogP contribution in [0.3, 0.4) is 0 Å². The number of rotatable bonds is 4. The van der Waals surface area contributed by atoms with Crippen molar-refractivity contribution in [1.82, 2.24) is 9.58 Å². The van der Waals surface area contributed by atoms with E-state index in [9.17, 15) is 14.0 Å². The minimum atomic E-state index is -1.08. The zero-order valence-corrected chi connectivity index (χ0v) is 22.4. The summed E-state index contributed by atoms with van der Waals surface area (Å²) < 4.78 is 43.0. The Labute approximate surface area is 233 Å². The van der Waals surface area contributed by atoms with Gasteiger partial charge in [0, 0.05) is 29.2 Å². The number of aromatic nitrogens is 1. The van der Waals surface area contributed by atoms with Crippen LogP contribution in [0.5, 0.6) is 11.5 Å². The third-order valence-corrected chi connectivity index (χ3v) is 7.89. The highest BCUT2D eigenvalue weighted by atomic mass is 32.1. The summed E-state index contributed by atoms with van der Waals surface area (Å²) in [4.78, 5) is 29.5. The molecular weight excluding hydrogens is 536 g/mol. The summed E-state index contributed by atoms with van der Waals surface area (Å²) in [7, 11) is 0. The van der Waals surface area contributed by atoms with Gasteiger partial charge in [0.2, 0.25) is 11.2 Å². The van der Waals surface area contributed by atoms with Gasteiger partial charge in [-0.1, -0.05) is 36.4 Å². The number of hydrogen-bond acceptors (Lipinski definition) is 6. The number of benzene rings is 2. The number of amides is 1. The van der Waals surface area contributed by atoms with Gasteiger partial charge in [-0.3, -0.25) is 19.3 Å². The third-order valence-electron chi connectivity index (χ3n) is 7.03. The minimum Gasteiger partial charge on any atom is -0.486 e. The smallest absolute Gasteiger partial charge is 0.278 e. The molecule has 0 spiro atoms. The van der Waals surface area contributed by atoms with Gasteiger partial charge in [-0.25, -0.2) is 4.39 Å². The van der Waals surface area contributed by atoms with Crippen LogP contribution in [0.2, 0.25) is 0 Å². The Bertz CT molecular complexity index is 1670. The number of ether oxygens (including phenoxy) is 2. The molecule has 40 heavy (non-hydrogen) atoms. The Morgan fingerprint density at radius 2 is 1.85 bits per heavy atom. The number of nitrogens with zero attached hydrogens (tertiary/aromatic N) is 3. The third kappa shape index (κ3) is 4.54. The molecule has 1 amide bonds. The lowest BCUT2D eigenvalue weighted by Crippen LogP contribution is -2.55. The van der Waals surface area contributed by atoms with E-state index in [0.29, 0.717) is 5.56 Å². The van der Waals surface area contributed by atoms with Crippen LogP contribution in [0.25, 0.3) is 0 Å². The molecule has 6 rings (SSSR count). The monoisotopic (exact) mass is 561 g/mol. The van der Waals surface area contributed by atoms with E-state index in [2.05, 4.69) is 0 Å². The number of pyridine rings is 1. The maximum absolute atomic E-state index is 15.2. The number of carbonyl (C=O) groups is 1. The second-order valence-electron chi connectivity index (χ2n) is 9.48. The standard InChI is InChI=1S/C30H25F2N3O4S/c1-19-21(12-16-40-19)26-22-9-10-23(31)25(32)28(22)38-15-6-5-13-33-18-35(26)34-14-11-24(36)29(27(34)30(33)37)39-17-20-7-3-2-4-8-20/h2-12,14,16,26H,13,15,17-18H2,1H3/b6-5-. The van der Waals surface area contributed by atoms with Crippen molar-refractivity contribution in [3.05, 3.63) is 127 Å². The molecule has 0 fully saturated rings. The number of halogens is 2. The van der Waals surface area contributed by atoms with Gasteiger partial charge in [-0.2, -0.15) is 4.39 Å². The first-order chi connectivity index (χ1) is 19.4. The zero-order valence-electron chi connectivity index (χ0n) is 21.6. The number of aryl methyl sites for hydroxylation is 1. The van der Waals surface area contributed by atoms with Crippen molar-refractivity contribution in [2.75, 3.05) is 24.8 Å². The molecule has 0 saturated carbocycles. The normalized spacial score (nSPS) is 17.4. The van der Waals surface area contributed by atoms with E-state index in [1.54, 1.807) is 21.7 Å². The van der Waals surface area contributed by atoms with E-state index in [4.69, 9.17) is 9.47 Å². The van der Waals surface area contributed by atoms with Gasteiger partial charge < -0.3 is 14.4 Å². The lowest BCUT2D eigenvalue weighted by molar-refractivity contribution is 0.0698. The second-order valence-corrected chi connectivity index (χ2v) is 10.6. The first-order valence-corrected chi connectivity index (χ1v) is 13.6. The predicted octanol–water partition coefficient (Wildman–Crippen LogP) is 5.16. The Kier molecular flexibility index (Phi) is 6.85. The van der Waals surface area contributed by atoms with Crippen molar-refractivity contribution in [1.29, 1.82) is 0 Å². The highest BCUT2D eigenvalue weighted by molar-refractivity contribution is 7.10. The average Bonchev–Trinajstić information content (AvgIpc) is 3.37. The Hall–Kier alpha value is -4.44. The fraction of sp³-hybridized carbons (Fsp3) is 0.200. The molecule has 1 unspecified atom stereocenters. The molecule has 4 heterocycles. The van der Waals surface area contributed by atoms with Gasteiger partial charge in [0.1, 0.15) is 25.9 Å². The van der Waals surface area contributed by atoms with Gasteiger partial charge in [-0.05, 0) is 47.7 Å². The molecule has 2 aliphatic heterocycles. The largest absolute Gasteiger partial charge is 0.486 e. The molecule has 0 radical (unpaired) electrons. The summed E-state index contributed by atoms with van der Waals surface area (Å²) in [6, 6.07) is 14.5. The SMILES string of the molecule is Cc1sccc1C1c2ccc(F)c(F)c2OC/C=C\CN2CN1n1ccc(=O)c(OCc3ccccc3)c1C2=O. The van der Waals surface area contributed by atoms with Gasteiger partial charge in [0.05, 0.1) is 0 Å². The van der Waals surface area contributed by atoms with Crippen LogP contribution in [0.1, 0.15) is 38.1 Å². The molecule has 4 aromatic rings. The molecule has 0 saturated heterocycles. The quantitative estimate of drug-likeness (QED) is 0.322. The average molecular weight is 562 g/mol. The van der Waals surface area contributed by atoms with Gasteiger partial charge in [0.15, 0.2) is 23.0 Å². The summed E-state index contributed by atoms with van der Waals surface area (Å²) in [6.45, 7) is 2.34. The maximum Gasteiger partial charge on any atom is 0.278 e. The van der Waals surface area contributed by atoms with E-state index < -0.39 is 23.1 Å². The highest BCUT2D eigenvalue weighted by Crippen LogP contribution is 2.41. The molecule has 2 aromatic carbocycles. The molecular formula is C30H25F2N3O4S. The predicted molar refractivity (Wildman–Crippen MR) is 147 cm³/mol. The molecule has 0 N–H and O–H groups in total. The number of thiophene rings is 1. The Balaban J connectivity index is 1.57. The molecule has 0 aliphatic carbocycles. The minimum absolute atomic E-state index is 0.0129. The van der Waals surface area contributed by atoms with Crippen molar-refractivity contribution >= 4 is 17.2 Å². The van der Waals surface area contributed by atoms with Crippen LogP contribution in [0.15, 0.2) is 83.1 Å². The topological polar surface area (TPSA) is 64.0 Å². The fourth-order valence-corrected chi connectivity index (χ4v) is 5.80. The molecule has 2 aromatic heterocycles. The summed E-state index contributed by atoms with van der Waals surface area (Å²) >= 11 is 1.52. The first-order valence-electron chi connectivity index (χ1n) is 12.7. The summed E-state index contributed by atoms with van der Waals surface area (Å²) in [5, 5.41) is 3.77. The summed E-state index contributed by atoms with van der Waals surface area (Å²) in [6.07, 6.45) is 4.90. The van der Waals surface area contributed by atoms with Gasteiger partial charge in [-0.15, -0.1) is 11.3 Å². The number of fused-ring (bicyclic) bond motifs is 5. The van der Waals surface area contributed by atoms with E-state index in [1.807, 2.05) is 53.7 Å². The van der Waals surface area contributed by atoms with E-state index in [-0.39, 0.29) is 49.5 Å².